The highest BCUT2D eigenvalue weighted by atomic mass is 16.3. The molecular weight excluding hydrogens is 188 g/mol. The Morgan fingerprint density at radius 1 is 1.00 bits per heavy atom. The fourth-order valence-electron chi connectivity index (χ4n) is 1.34. The summed E-state index contributed by atoms with van der Waals surface area (Å²) in [5, 5.41) is 8.91. The third-order valence-electron chi connectivity index (χ3n) is 2.25. The summed E-state index contributed by atoms with van der Waals surface area (Å²) in [6, 6.07) is 7.71. The predicted octanol–water partition coefficient (Wildman–Crippen LogP) is 1.94. The molecule has 15 heavy (non-hydrogen) atoms. The number of aliphatic hydroxyl groups excluding tert-OH is 1. The number of aryl methyl sites for hydroxylation is 1. The van der Waals surface area contributed by atoms with Crippen molar-refractivity contribution in [1.29, 1.82) is 0 Å². The standard InChI is InChI=1S/C12H12N2O/c1-9-13-6-12(7-14-9)11-4-2-10(8-15)3-5-11/h2-7,15H,8H2,1H3. The molecule has 0 fully saturated rings. The summed E-state index contributed by atoms with van der Waals surface area (Å²) >= 11 is 0. The summed E-state index contributed by atoms with van der Waals surface area (Å²) in [4.78, 5) is 8.28. The lowest BCUT2D eigenvalue weighted by Gasteiger charge is -2.02. The lowest BCUT2D eigenvalue weighted by atomic mass is 10.1. The van der Waals surface area contributed by atoms with E-state index >= 15 is 0 Å². The van der Waals surface area contributed by atoms with E-state index in [4.69, 9.17) is 5.11 Å². The van der Waals surface area contributed by atoms with Crippen LogP contribution in [0, 0.1) is 6.92 Å². The van der Waals surface area contributed by atoms with Gasteiger partial charge in [0, 0.05) is 18.0 Å². The molecule has 0 amide bonds. The Labute approximate surface area is 88.5 Å². The van der Waals surface area contributed by atoms with Gasteiger partial charge in [-0.15, -0.1) is 0 Å². The number of aliphatic hydroxyl groups is 1. The van der Waals surface area contributed by atoms with Crippen LogP contribution in [0.5, 0.6) is 0 Å². The summed E-state index contributed by atoms with van der Waals surface area (Å²) in [7, 11) is 0. The molecule has 0 unspecified atom stereocenters. The van der Waals surface area contributed by atoms with Crippen molar-refractivity contribution in [2.75, 3.05) is 0 Å². The maximum atomic E-state index is 8.91. The van der Waals surface area contributed by atoms with E-state index in [9.17, 15) is 0 Å². The Morgan fingerprint density at radius 3 is 2.13 bits per heavy atom. The second-order valence-corrected chi connectivity index (χ2v) is 3.37. The molecule has 3 heteroatoms. The van der Waals surface area contributed by atoms with Gasteiger partial charge in [-0.3, -0.25) is 0 Å². The van der Waals surface area contributed by atoms with E-state index in [-0.39, 0.29) is 6.61 Å². The number of benzene rings is 1. The van der Waals surface area contributed by atoms with Crippen LogP contribution in [-0.4, -0.2) is 15.1 Å². The first-order chi connectivity index (χ1) is 7.29. The minimum atomic E-state index is 0.0741. The smallest absolute Gasteiger partial charge is 0.125 e. The van der Waals surface area contributed by atoms with E-state index in [0.717, 1.165) is 22.5 Å². The van der Waals surface area contributed by atoms with Gasteiger partial charge in [-0.25, -0.2) is 9.97 Å². The molecule has 0 saturated carbocycles. The van der Waals surface area contributed by atoms with Crippen molar-refractivity contribution >= 4 is 0 Å². The molecule has 0 atom stereocenters. The van der Waals surface area contributed by atoms with Crippen molar-refractivity contribution in [2.45, 2.75) is 13.5 Å². The minimum Gasteiger partial charge on any atom is -0.392 e. The molecule has 0 aliphatic heterocycles. The van der Waals surface area contributed by atoms with Crippen molar-refractivity contribution in [3.63, 3.8) is 0 Å². The van der Waals surface area contributed by atoms with E-state index in [0.29, 0.717) is 0 Å². The Balaban J connectivity index is 2.33. The largest absolute Gasteiger partial charge is 0.392 e. The van der Waals surface area contributed by atoms with Gasteiger partial charge in [0.1, 0.15) is 5.82 Å². The number of hydrogen-bond donors (Lipinski definition) is 1. The van der Waals surface area contributed by atoms with Gasteiger partial charge in [-0.05, 0) is 18.1 Å². The van der Waals surface area contributed by atoms with E-state index in [1.807, 2.05) is 31.2 Å². The van der Waals surface area contributed by atoms with Crippen LogP contribution >= 0.6 is 0 Å². The lowest BCUT2D eigenvalue weighted by molar-refractivity contribution is 0.282. The summed E-state index contributed by atoms with van der Waals surface area (Å²) < 4.78 is 0. The lowest BCUT2D eigenvalue weighted by Crippen LogP contribution is -1.88. The molecule has 0 aliphatic carbocycles. The molecule has 3 nitrogen and oxygen atoms in total. The van der Waals surface area contributed by atoms with E-state index < -0.39 is 0 Å². The SMILES string of the molecule is Cc1ncc(-c2ccc(CO)cc2)cn1. The second-order valence-electron chi connectivity index (χ2n) is 3.37. The van der Waals surface area contributed by atoms with Crippen molar-refractivity contribution in [3.05, 3.63) is 48.0 Å². The Bertz CT molecular complexity index is 434. The highest BCUT2D eigenvalue weighted by molar-refractivity contribution is 5.61. The first-order valence-electron chi connectivity index (χ1n) is 4.78. The van der Waals surface area contributed by atoms with Gasteiger partial charge in [-0.2, -0.15) is 0 Å². The summed E-state index contributed by atoms with van der Waals surface area (Å²) in [6.07, 6.45) is 3.60. The fourth-order valence-corrected chi connectivity index (χ4v) is 1.34. The van der Waals surface area contributed by atoms with Crippen molar-refractivity contribution in [2.24, 2.45) is 0 Å². The van der Waals surface area contributed by atoms with Crippen LogP contribution in [0.2, 0.25) is 0 Å². The van der Waals surface area contributed by atoms with Crippen LogP contribution in [0.25, 0.3) is 11.1 Å². The zero-order chi connectivity index (χ0) is 10.7. The molecule has 0 spiro atoms. The van der Waals surface area contributed by atoms with Crippen molar-refractivity contribution in [3.8, 4) is 11.1 Å². The van der Waals surface area contributed by atoms with E-state index in [1.54, 1.807) is 12.4 Å². The predicted molar refractivity (Wildman–Crippen MR) is 58.1 cm³/mol. The van der Waals surface area contributed by atoms with E-state index in [1.165, 1.54) is 0 Å². The Kier molecular flexibility index (Phi) is 2.74. The highest BCUT2D eigenvalue weighted by Crippen LogP contribution is 2.17. The molecule has 1 N–H and O–H groups in total. The molecular formula is C12H12N2O. The fraction of sp³-hybridized carbons (Fsp3) is 0.167. The number of nitrogens with zero attached hydrogens (tertiary/aromatic N) is 2. The Hall–Kier alpha value is -1.74. The molecule has 2 rings (SSSR count). The molecule has 0 saturated heterocycles. The maximum absolute atomic E-state index is 8.91. The van der Waals surface area contributed by atoms with Gasteiger partial charge < -0.3 is 5.11 Å². The Morgan fingerprint density at radius 2 is 1.60 bits per heavy atom. The van der Waals surface area contributed by atoms with E-state index in [2.05, 4.69) is 9.97 Å². The molecule has 1 heterocycles. The topological polar surface area (TPSA) is 46.0 Å². The van der Waals surface area contributed by atoms with Gasteiger partial charge in [-0.1, -0.05) is 24.3 Å². The summed E-state index contributed by atoms with van der Waals surface area (Å²) in [5.74, 6) is 0.769. The van der Waals surface area contributed by atoms with Gasteiger partial charge in [0.05, 0.1) is 6.61 Å². The molecule has 2 aromatic rings. The average Bonchev–Trinajstić information content (AvgIpc) is 2.30. The third-order valence-corrected chi connectivity index (χ3v) is 2.25. The molecule has 76 valence electrons. The van der Waals surface area contributed by atoms with Crippen LogP contribution in [0.3, 0.4) is 0 Å². The quantitative estimate of drug-likeness (QED) is 0.805. The molecule has 0 aliphatic rings. The number of aromatic nitrogens is 2. The normalized spacial score (nSPS) is 10.3. The van der Waals surface area contributed by atoms with Gasteiger partial charge in [0.15, 0.2) is 0 Å². The monoisotopic (exact) mass is 200 g/mol. The van der Waals surface area contributed by atoms with Crippen LogP contribution in [0.4, 0.5) is 0 Å². The maximum Gasteiger partial charge on any atom is 0.125 e. The molecule has 0 radical (unpaired) electrons. The van der Waals surface area contributed by atoms with Crippen molar-refractivity contribution in [1.82, 2.24) is 9.97 Å². The molecule has 1 aromatic heterocycles. The van der Waals surface area contributed by atoms with Crippen LogP contribution in [-0.2, 0) is 6.61 Å². The number of rotatable bonds is 2. The number of hydrogen-bond acceptors (Lipinski definition) is 3. The van der Waals surface area contributed by atoms with Crippen LogP contribution < -0.4 is 0 Å². The second kappa shape index (κ2) is 4.19. The van der Waals surface area contributed by atoms with Crippen molar-refractivity contribution < 1.29 is 5.11 Å². The van der Waals surface area contributed by atoms with Gasteiger partial charge in [0.2, 0.25) is 0 Å². The van der Waals surface area contributed by atoms with Crippen LogP contribution in [0.1, 0.15) is 11.4 Å². The van der Waals surface area contributed by atoms with Gasteiger partial charge >= 0.3 is 0 Å². The molecule has 0 bridgehead atoms. The summed E-state index contributed by atoms with van der Waals surface area (Å²) in [5.41, 5.74) is 2.96. The first kappa shape index (κ1) is 9.80. The summed E-state index contributed by atoms with van der Waals surface area (Å²) in [6.45, 7) is 1.93. The first-order valence-corrected chi connectivity index (χ1v) is 4.78. The average molecular weight is 200 g/mol. The zero-order valence-corrected chi connectivity index (χ0v) is 8.51. The molecule has 1 aromatic carbocycles. The van der Waals surface area contributed by atoms with Crippen LogP contribution in [0.15, 0.2) is 36.7 Å². The van der Waals surface area contributed by atoms with Gasteiger partial charge in [0.25, 0.3) is 0 Å². The third kappa shape index (κ3) is 2.19. The highest BCUT2D eigenvalue weighted by Gasteiger charge is 1.98. The zero-order valence-electron chi connectivity index (χ0n) is 8.51. The minimum absolute atomic E-state index is 0.0741.